The Morgan fingerprint density at radius 1 is 0.822 bits per heavy atom. The fourth-order valence-corrected chi connectivity index (χ4v) is 6.85. The summed E-state index contributed by atoms with van der Waals surface area (Å²) < 4.78 is 12.1. The Labute approximate surface area is 263 Å². The summed E-state index contributed by atoms with van der Waals surface area (Å²) in [6.07, 6.45) is 1.74. The number of ether oxygens (including phenoxy) is 2. The van der Waals surface area contributed by atoms with Gasteiger partial charge in [-0.05, 0) is 66.0 Å². The van der Waals surface area contributed by atoms with Crippen LogP contribution >= 0.6 is 0 Å². The van der Waals surface area contributed by atoms with E-state index in [9.17, 15) is 29.4 Å². The van der Waals surface area contributed by atoms with E-state index in [-0.39, 0.29) is 47.5 Å². The third-order valence-electron chi connectivity index (χ3n) is 8.77. The smallest absolute Gasteiger partial charge is 0.335 e. The number of carboxylic acid groups (broad SMARTS) is 2. The lowest BCUT2D eigenvalue weighted by molar-refractivity contribution is -0.137. The molecule has 5 rings (SSSR count). The van der Waals surface area contributed by atoms with Gasteiger partial charge >= 0.3 is 11.9 Å². The number of carboxylic acids is 2. The van der Waals surface area contributed by atoms with E-state index in [1.54, 1.807) is 18.2 Å². The molecule has 9 nitrogen and oxygen atoms in total. The molecule has 0 amide bonds. The standard InChI is InChI=1S/C36H41NO8/c1-6-44-29-15-23(11-12-28(29)45-20-21-7-9-22(10-8-21)34(42)43)31-32-24(16-35(2,3)18-26(32)38)37(14-13-30(40)41)25-17-36(4,5)19-27(39)33(25)31/h7-12,15,31H,6,13-14,16-20H2,1-5H3,(H,40,41)(H,42,43). The highest BCUT2D eigenvalue weighted by Crippen LogP contribution is 2.55. The zero-order valence-electron chi connectivity index (χ0n) is 26.6. The van der Waals surface area contributed by atoms with Crippen molar-refractivity contribution >= 4 is 23.5 Å². The van der Waals surface area contributed by atoms with E-state index >= 15 is 0 Å². The molecule has 1 heterocycles. The molecule has 2 aromatic carbocycles. The van der Waals surface area contributed by atoms with Crippen LogP contribution in [0.25, 0.3) is 0 Å². The molecule has 2 N–H and O–H groups in total. The minimum absolute atomic E-state index is 0.0288. The minimum atomic E-state index is -0.999. The van der Waals surface area contributed by atoms with Crippen LogP contribution in [0.2, 0.25) is 0 Å². The van der Waals surface area contributed by atoms with E-state index in [0.29, 0.717) is 54.9 Å². The monoisotopic (exact) mass is 615 g/mol. The van der Waals surface area contributed by atoms with Gasteiger partial charge in [-0.2, -0.15) is 0 Å². The Morgan fingerprint density at radius 3 is 1.91 bits per heavy atom. The summed E-state index contributed by atoms with van der Waals surface area (Å²) in [5.74, 6) is -1.63. The van der Waals surface area contributed by atoms with E-state index < -0.39 is 17.9 Å². The number of hydrogen-bond acceptors (Lipinski definition) is 7. The molecule has 0 spiro atoms. The van der Waals surface area contributed by atoms with Crippen LogP contribution < -0.4 is 9.47 Å². The van der Waals surface area contributed by atoms with Crippen molar-refractivity contribution in [2.24, 2.45) is 10.8 Å². The zero-order valence-corrected chi connectivity index (χ0v) is 26.6. The summed E-state index contributed by atoms with van der Waals surface area (Å²) in [5.41, 5.74) is 3.87. The second-order valence-electron chi connectivity index (χ2n) is 13.8. The molecule has 2 aliphatic carbocycles. The molecular formula is C36H41NO8. The Morgan fingerprint density at radius 2 is 1.40 bits per heavy atom. The second-order valence-corrected chi connectivity index (χ2v) is 13.8. The SMILES string of the molecule is CCOc1cc(C2C3=C(CC(C)(C)CC3=O)N(CCC(=O)O)C3=C2C(=O)CC(C)(C)C3)ccc1OCc1ccc(C(=O)O)cc1. The zero-order chi connectivity index (χ0) is 32.7. The number of nitrogens with zero attached hydrogens (tertiary/aromatic N) is 1. The molecule has 0 radical (unpaired) electrons. The summed E-state index contributed by atoms with van der Waals surface area (Å²) in [6, 6.07) is 12.0. The van der Waals surface area contributed by atoms with Gasteiger partial charge in [-0.3, -0.25) is 14.4 Å². The molecule has 3 aliphatic rings. The average molecular weight is 616 g/mol. The van der Waals surface area contributed by atoms with Crippen molar-refractivity contribution in [2.75, 3.05) is 13.2 Å². The Hall–Kier alpha value is -4.40. The molecule has 9 heteroatoms. The van der Waals surface area contributed by atoms with Gasteiger partial charge in [0.1, 0.15) is 6.61 Å². The average Bonchev–Trinajstić information content (AvgIpc) is 2.94. The maximum Gasteiger partial charge on any atom is 0.335 e. The van der Waals surface area contributed by atoms with Gasteiger partial charge in [0.2, 0.25) is 0 Å². The highest BCUT2D eigenvalue weighted by molar-refractivity contribution is 6.07. The summed E-state index contributed by atoms with van der Waals surface area (Å²) in [4.78, 5) is 52.9. The first-order valence-electron chi connectivity index (χ1n) is 15.4. The fourth-order valence-electron chi connectivity index (χ4n) is 6.85. The predicted octanol–water partition coefficient (Wildman–Crippen LogP) is 6.52. The number of carbonyl (C=O) groups excluding carboxylic acids is 2. The van der Waals surface area contributed by atoms with E-state index in [0.717, 1.165) is 22.5 Å². The number of aromatic carboxylic acids is 1. The van der Waals surface area contributed by atoms with E-state index in [4.69, 9.17) is 9.47 Å². The molecule has 45 heavy (non-hydrogen) atoms. The van der Waals surface area contributed by atoms with Gasteiger partial charge in [-0.1, -0.05) is 45.9 Å². The van der Waals surface area contributed by atoms with Crippen LogP contribution in [0.1, 0.15) is 94.1 Å². The van der Waals surface area contributed by atoms with Crippen molar-refractivity contribution in [3.63, 3.8) is 0 Å². The van der Waals surface area contributed by atoms with Gasteiger partial charge in [0.15, 0.2) is 23.1 Å². The first-order chi connectivity index (χ1) is 21.2. The molecule has 0 unspecified atom stereocenters. The van der Waals surface area contributed by atoms with E-state index in [2.05, 4.69) is 0 Å². The van der Waals surface area contributed by atoms with Crippen molar-refractivity contribution in [3.8, 4) is 11.5 Å². The van der Waals surface area contributed by atoms with Crippen LogP contribution in [0.4, 0.5) is 0 Å². The number of ketones is 2. The lowest BCUT2D eigenvalue weighted by atomic mass is 9.63. The minimum Gasteiger partial charge on any atom is -0.490 e. The third kappa shape index (κ3) is 6.67. The molecule has 0 bridgehead atoms. The Bertz CT molecular complexity index is 1560. The normalized spacial score (nSPS) is 19.3. The third-order valence-corrected chi connectivity index (χ3v) is 8.77. The van der Waals surface area contributed by atoms with Crippen molar-refractivity contribution in [3.05, 3.63) is 81.7 Å². The van der Waals surface area contributed by atoms with Crippen molar-refractivity contribution < 1.29 is 38.9 Å². The van der Waals surface area contributed by atoms with Crippen molar-refractivity contribution in [1.82, 2.24) is 4.90 Å². The highest BCUT2D eigenvalue weighted by Gasteiger charge is 2.49. The van der Waals surface area contributed by atoms with Gasteiger partial charge in [0.05, 0.1) is 18.6 Å². The summed E-state index contributed by atoms with van der Waals surface area (Å²) in [5, 5.41) is 18.8. The summed E-state index contributed by atoms with van der Waals surface area (Å²) in [7, 11) is 0. The molecular weight excluding hydrogens is 574 g/mol. The van der Waals surface area contributed by atoms with Crippen molar-refractivity contribution in [2.45, 2.75) is 79.2 Å². The molecule has 0 saturated heterocycles. The molecule has 0 atom stereocenters. The van der Waals surface area contributed by atoms with Gasteiger partial charge in [-0.15, -0.1) is 0 Å². The molecule has 0 fully saturated rings. The predicted molar refractivity (Wildman–Crippen MR) is 167 cm³/mol. The number of benzene rings is 2. The van der Waals surface area contributed by atoms with Crippen LogP contribution in [0.5, 0.6) is 11.5 Å². The summed E-state index contributed by atoms with van der Waals surface area (Å²) in [6.45, 7) is 10.8. The molecule has 0 aromatic heterocycles. The van der Waals surface area contributed by atoms with Crippen LogP contribution in [-0.4, -0.2) is 51.8 Å². The fraction of sp³-hybridized carbons (Fsp3) is 0.444. The second kappa shape index (κ2) is 12.2. The first-order valence-corrected chi connectivity index (χ1v) is 15.4. The summed E-state index contributed by atoms with van der Waals surface area (Å²) >= 11 is 0. The maximum absolute atomic E-state index is 14.0. The van der Waals surface area contributed by atoms with E-state index in [1.165, 1.54) is 12.1 Å². The van der Waals surface area contributed by atoms with Gasteiger partial charge in [0.25, 0.3) is 0 Å². The number of rotatable bonds is 10. The number of Topliss-reactive ketones (excluding diaryl/α,β-unsaturated/α-hetero) is 2. The number of carbonyl (C=O) groups is 4. The maximum atomic E-state index is 14.0. The van der Waals surface area contributed by atoms with Gasteiger partial charge in [0, 0.05) is 47.8 Å². The van der Waals surface area contributed by atoms with Crippen LogP contribution in [-0.2, 0) is 21.0 Å². The molecule has 238 valence electrons. The number of aliphatic carboxylic acids is 1. The largest absolute Gasteiger partial charge is 0.490 e. The first kappa shape index (κ1) is 32.0. The lowest BCUT2D eigenvalue weighted by Crippen LogP contribution is -2.45. The van der Waals surface area contributed by atoms with Crippen molar-refractivity contribution in [1.29, 1.82) is 0 Å². The number of hydrogen-bond donors (Lipinski definition) is 2. The van der Waals surface area contributed by atoms with E-state index in [1.807, 2.05) is 51.7 Å². The Balaban J connectivity index is 1.60. The lowest BCUT2D eigenvalue weighted by Gasteiger charge is -2.49. The highest BCUT2D eigenvalue weighted by atomic mass is 16.5. The van der Waals surface area contributed by atoms with Gasteiger partial charge in [-0.25, -0.2) is 4.79 Å². The molecule has 2 aromatic rings. The molecule has 1 aliphatic heterocycles. The quantitative estimate of drug-likeness (QED) is 0.307. The van der Waals surface area contributed by atoms with Gasteiger partial charge < -0.3 is 24.6 Å². The topological polar surface area (TPSA) is 130 Å². The Kier molecular flexibility index (Phi) is 8.66. The van der Waals surface area contributed by atoms with Crippen LogP contribution in [0, 0.1) is 10.8 Å². The van der Waals surface area contributed by atoms with Crippen LogP contribution in [0.3, 0.4) is 0 Å². The number of allylic oxidation sites excluding steroid dienone is 4. The van der Waals surface area contributed by atoms with Crippen LogP contribution in [0.15, 0.2) is 65.0 Å². The molecule has 0 saturated carbocycles.